The zero-order valence-corrected chi connectivity index (χ0v) is 27.6. The van der Waals surface area contributed by atoms with Crippen LogP contribution in [0.4, 0.5) is 0 Å². The molecule has 11 aromatic carbocycles. The van der Waals surface area contributed by atoms with Gasteiger partial charge in [0.15, 0.2) is 0 Å². The van der Waals surface area contributed by atoms with Gasteiger partial charge in [0.05, 0.1) is 0 Å². The molecule has 0 fully saturated rings. The first-order valence-corrected chi connectivity index (χ1v) is 17.7. The maximum absolute atomic E-state index is 7.16. The van der Waals surface area contributed by atoms with Gasteiger partial charge in [-0.15, -0.1) is 0 Å². The van der Waals surface area contributed by atoms with Crippen LogP contribution in [0.1, 0.15) is 0 Å². The van der Waals surface area contributed by atoms with Gasteiger partial charge in [-0.25, -0.2) is 0 Å². The van der Waals surface area contributed by atoms with Crippen LogP contribution in [-0.2, 0) is 0 Å². The Hall–Kier alpha value is -6.70. The summed E-state index contributed by atoms with van der Waals surface area (Å²) in [7, 11) is 0. The minimum Gasteiger partial charge on any atom is -0.455 e. The Bertz CT molecular complexity index is 3400. The van der Waals surface area contributed by atoms with Crippen molar-refractivity contribution in [1.29, 1.82) is 0 Å². The standard InChI is InChI=1S/C50H28O/c1-3-12-35-29(8-1)16-19-34-28-44(37-14-5-6-15-39(37)46(34)35)41-26-27-42(50-48(41)43-25-20-30-9-2-4-13-36(30)49(43)51-50)38-23-21-33-18-17-31-10-7-11-32-22-24-40(38)47(33)45(31)32/h1-28H. The second-order valence-corrected chi connectivity index (χ2v) is 14.0. The highest BCUT2D eigenvalue weighted by molar-refractivity contribution is 6.29. The van der Waals surface area contributed by atoms with Crippen LogP contribution >= 0.6 is 0 Å². The molecule has 1 aromatic heterocycles. The van der Waals surface area contributed by atoms with Gasteiger partial charge in [0.2, 0.25) is 0 Å². The minimum absolute atomic E-state index is 0.927. The van der Waals surface area contributed by atoms with Crippen LogP contribution in [0, 0.1) is 0 Å². The second-order valence-electron chi connectivity index (χ2n) is 14.0. The molecule has 0 unspecified atom stereocenters. The predicted octanol–water partition coefficient (Wildman–Crippen LogP) is 14.4. The molecule has 1 nitrogen and oxygen atoms in total. The maximum Gasteiger partial charge on any atom is 0.143 e. The molecule has 1 heteroatoms. The van der Waals surface area contributed by atoms with Gasteiger partial charge >= 0.3 is 0 Å². The minimum atomic E-state index is 0.927. The fourth-order valence-corrected chi connectivity index (χ4v) is 9.12. The van der Waals surface area contributed by atoms with E-state index in [1.165, 1.54) is 86.7 Å². The van der Waals surface area contributed by atoms with Gasteiger partial charge in [-0.1, -0.05) is 152 Å². The van der Waals surface area contributed by atoms with E-state index in [0.717, 1.165) is 32.9 Å². The highest BCUT2D eigenvalue weighted by Crippen LogP contribution is 2.48. The van der Waals surface area contributed by atoms with E-state index < -0.39 is 0 Å². The van der Waals surface area contributed by atoms with Crippen molar-refractivity contribution in [2.75, 3.05) is 0 Å². The Morgan fingerprint density at radius 2 is 0.784 bits per heavy atom. The zero-order valence-electron chi connectivity index (χ0n) is 27.6. The lowest BCUT2D eigenvalue weighted by Gasteiger charge is -2.16. The van der Waals surface area contributed by atoms with E-state index in [9.17, 15) is 0 Å². The van der Waals surface area contributed by atoms with Gasteiger partial charge in [0.25, 0.3) is 0 Å². The molecule has 1 heterocycles. The number of furan rings is 1. The highest BCUT2D eigenvalue weighted by atomic mass is 16.3. The van der Waals surface area contributed by atoms with E-state index >= 15 is 0 Å². The van der Waals surface area contributed by atoms with E-state index in [1.807, 2.05) is 0 Å². The molecule has 0 aliphatic rings. The number of fused-ring (bicyclic) bond motifs is 10. The van der Waals surface area contributed by atoms with Crippen LogP contribution in [0.3, 0.4) is 0 Å². The van der Waals surface area contributed by atoms with Gasteiger partial charge in [-0.3, -0.25) is 0 Å². The summed E-state index contributed by atoms with van der Waals surface area (Å²) in [6, 6.07) is 62.5. The topological polar surface area (TPSA) is 13.1 Å². The maximum atomic E-state index is 7.16. The van der Waals surface area contributed by atoms with Crippen LogP contribution in [0.15, 0.2) is 174 Å². The van der Waals surface area contributed by atoms with E-state index in [-0.39, 0.29) is 0 Å². The van der Waals surface area contributed by atoms with Crippen LogP contribution in [0.2, 0.25) is 0 Å². The number of hydrogen-bond acceptors (Lipinski definition) is 1. The Balaban J connectivity index is 1.23. The van der Waals surface area contributed by atoms with Crippen molar-refractivity contribution >= 4 is 97.3 Å². The summed E-state index contributed by atoms with van der Waals surface area (Å²) in [6.45, 7) is 0. The zero-order chi connectivity index (χ0) is 33.2. The van der Waals surface area contributed by atoms with E-state index in [2.05, 4.69) is 170 Å². The summed E-state index contributed by atoms with van der Waals surface area (Å²) < 4.78 is 7.16. The molecule has 0 bridgehead atoms. The smallest absolute Gasteiger partial charge is 0.143 e. The number of benzene rings is 11. The molecule has 12 aromatic rings. The first kappa shape index (κ1) is 27.2. The molecule has 0 saturated carbocycles. The third-order valence-electron chi connectivity index (χ3n) is 11.4. The monoisotopic (exact) mass is 644 g/mol. The Morgan fingerprint density at radius 3 is 1.63 bits per heavy atom. The molecule has 0 spiro atoms. The van der Waals surface area contributed by atoms with Gasteiger partial charge < -0.3 is 4.42 Å². The molecule has 0 N–H and O–H groups in total. The quantitative estimate of drug-likeness (QED) is 0.171. The van der Waals surface area contributed by atoms with Gasteiger partial charge in [-0.2, -0.15) is 0 Å². The van der Waals surface area contributed by atoms with Crippen molar-refractivity contribution in [3.05, 3.63) is 170 Å². The van der Waals surface area contributed by atoms with E-state index in [4.69, 9.17) is 4.42 Å². The molecule has 0 atom stereocenters. The van der Waals surface area contributed by atoms with Crippen LogP contribution in [0.25, 0.3) is 120 Å². The van der Waals surface area contributed by atoms with E-state index in [1.54, 1.807) is 0 Å². The lowest BCUT2D eigenvalue weighted by Crippen LogP contribution is -1.90. The van der Waals surface area contributed by atoms with Crippen molar-refractivity contribution in [3.63, 3.8) is 0 Å². The highest BCUT2D eigenvalue weighted by Gasteiger charge is 2.22. The van der Waals surface area contributed by atoms with Gasteiger partial charge in [0, 0.05) is 21.7 Å². The third-order valence-corrected chi connectivity index (χ3v) is 11.4. The van der Waals surface area contributed by atoms with Crippen molar-refractivity contribution in [1.82, 2.24) is 0 Å². The summed E-state index contributed by atoms with van der Waals surface area (Å²) in [6.07, 6.45) is 0. The summed E-state index contributed by atoms with van der Waals surface area (Å²) in [5.41, 5.74) is 6.57. The van der Waals surface area contributed by atoms with Crippen molar-refractivity contribution in [3.8, 4) is 22.3 Å². The average Bonchev–Trinajstić information content (AvgIpc) is 3.60. The first-order valence-electron chi connectivity index (χ1n) is 17.7. The number of hydrogen-bond donors (Lipinski definition) is 0. The molecule has 0 saturated heterocycles. The van der Waals surface area contributed by atoms with Crippen LogP contribution in [-0.4, -0.2) is 0 Å². The number of rotatable bonds is 2. The van der Waals surface area contributed by atoms with Crippen molar-refractivity contribution < 1.29 is 4.42 Å². The molecular formula is C50H28O. The van der Waals surface area contributed by atoms with Gasteiger partial charge in [-0.05, 0) is 105 Å². The lowest BCUT2D eigenvalue weighted by atomic mass is 9.86. The average molecular weight is 645 g/mol. The molecular weight excluding hydrogens is 617 g/mol. The predicted molar refractivity (Wildman–Crippen MR) is 218 cm³/mol. The second kappa shape index (κ2) is 9.94. The fraction of sp³-hybridized carbons (Fsp3) is 0. The Kier molecular flexibility index (Phi) is 5.29. The molecule has 0 amide bonds. The summed E-state index contributed by atoms with van der Waals surface area (Å²) >= 11 is 0. The normalized spacial score (nSPS) is 12.3. The van der Waals surface area contributed by atoms with Crippen LogP contribution < -0.4 is 0 Å². The lowest BCUT2D eigenvalue weighted by molar-refractivity contribution is 0.674. The van der Waals surface area contributed by atoms with E-state index in [0.29, 0.717) is 0 Å². The molecule has 0 radical (unpaired) electrons. The fourth-order valence-electron chi connectivity index (χ4n) is 9.12. The third kappa shape index (κ3) is 3.65. The van der Waals surface area contributed by atoms with Crippen molar-refractivity contribution in [2.24, 2.45) is 0 Å². The molecule has 12 rings (SSSR count). The molecule has 234 valence electrons. The Morgan fingerprint density at radius 1 is 0.235 bits per heavy atom. The van der Waals surface area contributed by atoms with Crippen molar-refractivity contribution in [2.45, 2.75) is 0 Å². The Labute approximate surface area is 292 Å². The van der Waals surface area contributed by atoms with Crippen LogP contribution in [0.5, 0.6) is 0 Å². The van der Waals surface area contributed by atoms with Gasteiger partial charge in [0.1, 0.15) is 11.2 Å². The summed E-state index contributed by atoms with van der Waals surface area (Å²) in [4.78, 5) is 0. The summed E-state index contributed by atoms with van der Waals surface area (Å²) in [5, 5.41) is 19.9. The first-order chi connectivity index (χ1) is 25.3. The molecule has 0 aliphatic heterocycles. The summed E-state index contributed by atoms with van der Waals surface area (Å²) in [5.74, 6) is 0. The largest absolute Gasteiger partial charge is 0.455 e. The molecule has 51 heavy (non-hydrogen) atoms. The SMILES string of the molecule is c1ccc2c(c1)ccc1c2oc2c(-c3ccc4ccc5cccc6ccc3c4c56)ccc(-c3cc4ccc5ccccc5c4c4ccccc34)c21. The molecule has 0 aliphatic carbocycles.